The molecule has 0 radical (unpaired) electrons. The van der Waals surface area contributed by atoms with Gasteiger partial charge in [-0.3, -0.25) is 9.59 Å². The number of rotatable bonds is 5. The quantitative estimate of drug-likeness (QED) is 0.632. The molecule has 27 heavy (non-hydrogen) atoms. The van der Waals surface area contributed by atoms with E-state index in [-0.39, 0.29) is 11.5 Å². The highest BCUT2D eigenvalue weighted by molar-refractivity contribution is 7.16. The monoisotopic (exact) mass is 404 g/mol. The molecule has 3 rings (SSSR count). The maximum absolute atomic E-state index is 12.4. The number of amides is 2. The molecule has 0 saturated heterocycles. The topological polar surface area (TPSA) is 110 Å². The zero-order valence-electron chi connectivity index (χ0n) is 14.8. The molecule has 1 aromatic carbocycles. The number of nitrogens with zero attached hydrogens (tertiary/aromatic N) is 2. The van der Waals surface area contributed by atoms with Gasteiger partial charge in [0.1, 0.15) is 16.0 Å². The number of thiophene rings is 1. The summed E-state index contributed by atoms with van der Waals surface area (Å²) in [5.74, 6) is -1.44. The molecule has 140 valence electrons. The van der Waals surface area contributed by atoms with Crippen LogP contribution < -0.4 is 10.6 Å². The van der Waals surface area contributed by atoms with Gasteiger partial charge in [-0.15, -0.1) is 11.3 Å². The molecule has 2 amide bonds. The molecule has 0 bridgehead atoms. The molecule has 0 aliphatic carbocycles. The average molecular weight is 404 g/mol. The second-order valence-corrected chi connectivity index (χ2v) is 7.48. The molecular formula is C17H16N4O4S2. The Balaban J connectivity index is 1.68. The first kappa shape index (κ1) is 18.9. The van der Waals surface area contributed by atoms with Crippen molar-refractivity contribution in [3.63, 3.8) is 0 Å². The summed E-state index contributed by atoms with van der Waals surface area (Å²) in [5.41, 5.74) is 2.75. The van der Waals surface area contributed by atoms with Gasteiger partial charge < -0.3 is 15.4 Å². The highest BCUT2D eigenvalue weighted by atomic mass is 32.1. The fourth-order valence-corrected chi connectivity index (χ4v) is 4.06. The molecule has 2 N–H and O–H groups in total. The third-order valence-corrected chi connectivity index (χ3v) is 5.44. The Morgan fingerprint density at radius 3 is 2.67 bits per heavy atom. The average Bonchev–Trinajstić information content (AvgIpc) is 3.18. The minimum absolute atomic E-state index is 0.270. The minimum atomic E-state index is -0.663. The Morgan fingerprint density at radius 1 is 1.15 bits per heavy atom. The summed E-state index contributed by atoms with van der Waals surface area (Å²) in [5, 5.41) is 5.71. The summed E-state index contributed by atoms with van der Waals surface area (Å²) in [6, 6.07) is 5.24. The number of fused-ring (bicyclic) bond motifs is 1. The standard InChI is InChI=1S/C17H16N4O4S2/c1-8-9(2)26-16(18-10(3)22)14(8)17(24)25-7-13(23)19-11-5-4-6-12-15(11)21-27-20-12/h4-6H,7H2,1-3H3,(H,18,22)(H,19,23). The second kappa shape index (κ2) is 7.80. The number of aryl methyl sites for hydroxylation is 1. The Hall–Kier alpha value is -2.85. The third-order valence-electron chi connectivity index (χ3n) is 3.77. The van der Waals surface area contributed by atoms with Gasteiger partial charge in [-0.05, 0) is 31.5 Å². The number of aromatic nitrogens is 2. The van der Waals surface area contributed by atoms with Crippen molar-refractivity contribution in [1.82, 2.24) is 8.75 Å². The van der Waals surface area contributed by atoms with Gasteiger partial charge in [0.25, 0.3) is 5.91 Å². The van der Waals surface area contributed by atoms with Crippen LogP contribution in [0.2, 0.25) is 0 Å². The maximum Gasteiger partial charge on any atom is 0.341 e. The van der Waals surface area contributed by atoms with Crippen LogP contribution in [0.15, 0.2) is 18.2 Å². The fourth-order valence-electron chi connectivity index (χ4n) is 2.42. The number of ether oxygens (including phenoxy) is 1. The van der Waals surface area contributed by atoms with Crippen molar-refractivity contribution in [3.05, 3.63) is 34.2 Å². The number of anilines is 2. The summed E-state index contributed by atoms with van der Waals surface area (Å²) >= 11 is 2.34. The lowest BCUT2D eigenvalue weighted by Crippen LogP contribution is -2.21. The van der Waals surface area contributed by atoms with Gasteiger partial charge in [-0.1, -0.05) is 6.07 Å². The Labute approximate surface area is 162 Å². The molecule has 0 unspecified atom stereocenters. The maximum atomic E-state index is 12.4. The molecule has 2 heterocycles. The normalized spacial score (nSPS) is 10.6. The summed E-state index contributed by atoms with van der Waals surface area (Å²) in [4.78, 5) is 36.8. The smallest absolute Gasteiger partial charge is 0.341 e. The lowest BCUT2D eigenvalue weighted by atomic mass is 10.1. The first-order chi connectivity index (χ1) is 12.9. The summed E-state index contributed by atoms with van der Waals surface area (Å²) in [7, 11) is 0. The van der Waals surface area contributed by atoms with Crippen LogP contribution in [0.25, 0.3) is 11.0 Å². The zero-order chi connectivity index (χ0) is 19.6. The Morgan fingerprint density at radius 2 is 1.93 bits per heavy atom. The van der Waals surface area contributed by atoms with E-state index in [1.165, 1.54) is 18.3 Å². The van der Waals surface area contributed by atoms with E-state index < -0.39 is 18.5 Å². The van der Waals surface area contributed by atoms with E-state index in [2.05, 4.69) is 19.4 Å². The van der Waals surface area contributed by atoms with Crippen molar-refractivity contribution in [1.29, 1.82) is 0 Å². The predicted octanol–water partition coefficient (Wildman–Crippen LogP) is 3.12. The third kappa shape index (κ3) is 4.12. The van der Waals surface area contributed by atoms with E-state index in [0.29, 0.717) is 27.3 Å². The van der Waals surface area contributed by atoms with Crippen LogP contribution in [0, 0.1) is 13.8 Å². The number of hydrogen-bond donors (Lipinski definition) is 2. The number of hydrogen-bond acceptors (Lipinski definition) is 8. The van der Waals surface area contributed by atoms with E-state index in [1.54, 1.807) is 25.1 Å². The first-order valence-electron chi connectivity index (χ1n) is 7.92. The molecule has 0 aliphatic heterocycles. The van der Waals surface area contributed by atoms with E-state index >= 15 is 0 Å². The molecule has 2 aromatic heterocycles. The first-order valence-corrected chi connectivity index (χ1v) is 9.47. The van der Waals surface area contributed by atoms with Crippen molar-refractivity contribution >= 4 is 62.6 Å². The lowest BCUT2D eigenvalue weighted by Gasteiger charge is -2.08. The van der Waals surface area contributed by atoms with Crippen LogP contribution >= 0.6 is 23.1 Å². The van der Waals surface area contributed by atoms with E-state index in [4.69, 9.17) is 4.74 Å². The van der Waals surface area contributed by atoms with Crippen molar-refractivity contribution in [2.45, 2.75) is 20.8 Å². The van der Waals surface area contributed by atoms with Gasteiger partial charge in [-0.2, -0.15) is 8.75 Å². The largest absolute Gasteiger partial charge is 0.452 e. The summed E-state index contributed by atoms with van der Waals surface area (Å²) in [6.45, 7) is 4.52. The van der Waals surface area contributed by atoms with Crippen LogP contribution in [0.1, 0.15) is 27.7 Å². The number of benzene rings is 1. The van der Waals surface area contributed by atoms with Crippen LogP contribution in [0.5, 0.6) is 0 Å². The molecule has 10 heteroatoms. The van der Waals surface area contributed by atoms with Gasteiger partial charge in [-0.25, -0.2) is 4.79 Å². The number of esters is 1. The number of nitrogens with one attached hydrogen (secondary N) is 2. The molecule has 0 fully saturated rings. The van der Waals surface area contributed by atoms with Gasteiger partial charge in [0, 0.05) is 11.8 Å². The molecule has 0 aliphatic rings. The molecular weight excluding hydrogens is 388 g/mol. The van der Waals surface area contributed by atoms with Crippen LogP contribution in [0.3, 0.4) is 0 Å². The summed E-state index contributed by atoms with van der Waals surface area (Å²) in [6.07, 6.45) is 0. The highest BCUT2D eigenvalue weighted by Crippen LogP contribution is 2.33. The minimum Gasteiger partial charge on any atom is -0.452 e. The lowest BCUT2D eigenvalue weighted by molar-refractivity contribution is -0.119. The second-order valence-electron chi connectivity index (χ2n) is 5.73. The van der Waals surface area contributed by atoms with Gasteiger partial charge in [0.05, 0.1) is 23.0 Å². The SMILES string of the molecule is CC(=O)Nc1sc(C)c(C)c1C(=O)OCC(=O)Nc1cccc2nsnc12. The Kier molecular flexibility index (Phi) is 5.47. The summed E-state index contributed by atoms with van der Waals surface area (Å²) < 4.78 is 13.4. The van der Waals surface area contributed by atoms with Crippen molar-refractivity contribution < 1.29 is 19.1 Å². The molecule has 0 spiro atoms. The van der Waals surface area contributed by atoms with E-state index in [9.17, 15) is 14.4 Å². The van der Waals surface area contributed by atoms with E-state index in [0.717, 1.165) is 16.6 Å². The van der Waals surface area contributed by atoms with Crippen LogP contribution in [-0.2, 0) is 14.3 Å². The fraction of sp³-hybridized carbons (Fsp3) is 0.235. The number of carbonyl (C=O) groups excluding carboxylic acids is 3. The zero-order valence-corrected chi connectivity index (χ0v) is 16.4. The van der Waals surface area contributed by atoms with Crippen molar-refractivity contribution in [2.75, 3.05) is 17.2 Å². The van der Waals surface area contributed by atoms with Gasteiger partial charge >= 0.3 is 5.97 Å². The predicted molar refractivity (Wildman–Crippen MR) is 104 cm³/mol. The van der Waals surface area contributed by atoms with Crippen LogP contribution in [-0.4, -0.2) is 33.1 Å². The highest BCUT2D eigenvalue weighted by Gasteiger charge is 2.22. The van der Waals surface area contributed by atoms with Gasteiger partial charge in [0.15, 0.2) is 6.61 Å². The van der Waals surface area contributed by atoms with Crippen molar-refractivity contribution in [2.24, 2.45) is 0 Å². The van der Waals surface area contributed by atoms with Crippen LogP contribution in [0.4, 0.5) is 10.7 Å². The molecule has 8 nitrogen and oxygen atoms in total. The molecule has 0 atom stereocenters. The van der Waals surface area contributed by atoms with E-state index in [1.807, 2.05) is 6.92 Å². The molecule has 3 aromatic rings. The Bertz CT molecular complexity index is 1040. The number of carbonyl (C=O) groups is 3. The molecule has 0 saturated carbocycles. The van der Waals surface area contributed by atoms with Gasteiger partial charge in [0.2, 0.25) is 5.91 Å². The van der Waals surface area contributed by atoms with Crippen molar-refractivity contribution in [3.8, 4) is 0 Å².